The predicted molar refractivity (Wildman–Crippen MR) is 111 cm³/mol. The maximum Gasteiger partial charge on any atom is 0.173 e. The summed E-state index contributed by atoms with van der Waals surface area (Å²) in [7, 11) is 0. The maximum atomic E-state index is 10.3. The Morgan fingerprint density at radius 2 is 1.61 bits per heavy atom. The van der Waals surface area contributed by atoms with Crippen molar-refractivity contribution in [1.29, 1.82) is 0 Å². The zero-order chi connectivity index (χ0) is 20.3. The lowest BCUT2D eigenvalue weighted by molar-refractivity contribution is -0.0910. The molecule has 1 heterocycles. The highest BCUT2D eigenvalue weighted by Gasteiger charge is 2.44. The van der Waals surface area contributed by atoms with Gasteiger partial charge in [-0.05, 0) is 36.1 Å². The maximum absolute atomic E-state index is 10.3. The lowest BCUT2D eigenvalue weighted by Gasteiger charge is -2.39. The predicted octanol–water partition coefficient (Wildman–Crippen LogP) is 2.04. The molecule has 5 nitrogen and oxygen atoms in total. The minimum absolute atomic E-state index is 0.306. The van der Waals surface area contributed by atoms with Gasteiger partial charge in [0.25, 0.3) is 0 Å². The number of ether oxygens (including phenoxy) is 1. The molecule has 28 heavy (non-hydrogen) atoms. The number of aliphatic hydroxyl groups excluding tert-OH is 4. The van der Waals surface area contributed by atoms with E-state index in [1.165, 1.54) is 5.56 Å². The molecule has 0 unspecified atom stereocenters. The van der Waals surface area contributed by atoms with Crippen LogP contribution in [0.15, 0.2) is 42.5 Å². The second-order valence-corrected chi connectivity index (χ2v) is 8.62. The third kappa shape index (κ3) is 4.70. The Morgan fingerprint density at radius 3 is 2.25 bits per heavy atom. The fraction of sp³-hybridized carbons (Fsp3) is 0.455. The molecule has 0 aliphatic carbocycles. The molecular weight excluding hydrogens is 376 g/mol. The Morgan fingerprint density at radius 1 is 0.929 bits per heavy atom. The van der Waals surface area contributed by atoms with Crippen LogP contribution in [0, 0.1) is 6.92 Å². The van der Waals surface area contributed by atoms with Gasteiger partial charge in [-0.15, -0.1) is 11.8 Å². The lowest BCUT2D eigenvalue weighted by atomic mass is 10.0. The Labute approximate surface area is 170 Å². The van der Waals surface area contributed by atoms with Gasteiger partial charge in [-0.2, -0.15) is 0 Å². The average molecular weight is 405 g/mol. The molecule has 0 saturated carbocycles. The minimum Gasteiger partial charge on any atom is -0.477 e. The quantitative estimate of drug-likeness (QED) is 0.589. The van der Waals surface area contributed by atoms with Crippen LogP contribution >= 0.6 is 11.8 Å². The Bertz CT molecular complexity index is 777. The largest absolute Gasteiger partial charge is 0.477 e. The number of aliphatic hydroxyl groups is 4. The van der Waals surface area contributed by atoms with Crippen molar-refractivity contribution in [3.8, 4) is 5.75 Å². The van der Waals surface area contributed by atoms with Gasteiger partial charge in [0.15, 0.2) is 5.44 Å². The summed E-state index contributed by atoms with van der Waals surface area (Å²) in [5.41, 5.74) is 3.76. The van der Waals surface area contributed by atoms with E-state index in [1.807, 2.05) is 19.1 Å². The number of hydrogen-bond donors (Lipinski definition) is 4. The molecule has 5 atom stereocenters. The van der Waals surface area contributed by atoms with Crippen molar-refractivity contribution < 1.29 is 25.2 Å². The first-order valence-corrected chi connectivity index (χ1v) is 10.5. The van der Waals surface area contributed by atoms with Gasteiger partial charge in [0.2, 0.25) is 0 Å². The molecule has 3 rings (SSSR count). The normalized spacial score (nSPS) is 27.6. The first-order valence-electron chi connectivity index (χ1n) is 9.57. The van der Waals surface area contributed by atoms with Gasteiger partial charge in [0, 0.05) is 6.42 Å². The van der Waals surface area contributed by atoms with Crippen LogP contribution in [0.4, 0.5) is 0 Å². The summed E-state index contributed by atoms with van der Waals surface area (Å²) >= 11 is 1.14. The SMILES string of the molecule is CCc1ccc(Cc2cc(C)ccc2O[C@H]2S[C@@H](CO)[C@@H](O)[C@H](O)[C@H]2O)cc1. The van der Waals surface area contributed by atoms with Crippen molar-refractivity contribution in [2.75, 3.05) is 6.61 Å². The van der Waals surface area contributed by atoms with Gasteiger partial charge in [0.1, 0.15) is 18.0 Å². The fourth-order valence-electron chi connectivity index (χ4n) is 3.36. The highest BCUT2D eigenvalue weighted by atomic mass is 32.2. The van der Waals surface area contributed by atoms with E-state index in [1.54, 1.807) is 0 Å². The molecular formula is C22H28O5S. The van der Waals surface area contributed by atoms with E-state index in [9.17, 15) is 20.4 Å². The number of thioether (sulfide) groups is 1. The van der Waals surface area contributed by atoms with Crippen molar-refractivity contribution in [3.63, 3.8) is 0 Å². The highest BCUT2D eigenvalue weighted by molar-refractivity contribution is 8.00. The molecule has 4 N–H and O–H groups in total. The van der Waals surface area contributed by atoms with Gasteiger partial charge in [0.05, 0.1) is 18.0 Å². The Hall–Kier alpha value is -1.57. The second kappa shape index (κ2) is 9.29. The standard InChI is InChI=1S/C22H28O5S/c1-3-14-5-7-15(8-6-14)11-16-10-13(2)4-9-17(16)27-22-21(26)20(25)19(24)18(12-23)28-22/h4-10,18-26H,3,11-12H2,1-2H3/t18-,19+,20-,21+,22-/m0/s1. The number of hydrogen-bond acceptors (Lipinski definition) is 6. The van der Waals surface area contributed by atoms with Gasteiger partial charge in [-0.3, -0.25) is 0 Å². The summed E-state index contributed by atoms with van der Waals surface area (Å²) in [4.78, 5) is 0. The minimum atomic E-state index is -1.36. The van der Waals surface area contributed by atoms with Gasteiger partial charge >= 0.3 is 0 Å². The summed E-state index contributed by atoms with van der Waals surface area (Å²) in [6.45, 7) is 3.83. The number of rotatable bonds is 6. The second-order valence-electron chi connectivity index (χ2n) is 7.27. The third-order valence-corrected chi connectivity index (χ3v) is 6.55. The van der Waals surface area contributed by atoms with Gasteiger partial charge in [-0.1, -0.05) is 48.9 Å². The third-order valence-electron chi connectivity index (χ3n) is 5.13. The molecule has 1 aliphatic rings. The molecule has 0 amide bonds. The van der Waals surface area contributed by atoms with Crippen LogP contribution in [-0.2, 0) is 12.8 Å². The van der Waals surface area contributed by atoms with Crippen LogP contribution in [0.2, 0.25) is 0 Å². The van der Waals surface area contributed by atoms with Crippen LogP contribution in [-0.4, -0.2) is 56.0 Å². The van der Waals surface area contributed by atoms with E-state index in [4.69, 9.17) is 4.74 Å². The molecule has 2 aromatic rings. The van der Waals surface area contributed by atoms with E-state index in [0.29, 0.717) is 12.2 Å². The molecule has 1 aliphatic heterocycles. The van der Waals surface area contributed by atoms with Crippen LogP contribution in [0.1, 0.15) is 29.2 Å². The van der Waals surface area contributed by atoms with Crippen molar-refractivity contribution in [1.82, 2.24) is 0 Å². The summed E-state index contributed by atoms with van der Waals surface area (Å²) in [5, 5.41) is 39.2. The van der Waals surface area contributed by atoms with Crippen molar-refractivity contribution in [2.24, 2.45) is 0 Å². The zero-order valence-electron chi connectivity index (χ0n) is 16.2. The average Bonchev–Trinajstić information content (AvgIpc) is 2.70. The van der Waals surface area contributed by atoms with Crippen LogP contribution < -0.4 is 4.74 Å². The number of benzene rings is 2. The lowest BCUT2D eigenvalue weighted by Crippen LogP contribution is -2.55. The summed E-state index contributed by atoms with van der Waals surface area (Å²) in [6.07, 6.45) is -2.13. The zero-order valence-corrected chi connectivity index (χ0v) is 17.0. The van der Waals surface area contributed by atoms with E-state index >= 15 is 0 Å². The van der Waals surface area contributed by atoms with Crippen LogP contribution in [0.25, 0.3) is 0 Å². The first-order chi connectivity index (χ1) is 13.4. The monoisotopic (exact) mass is 404 g/mol. The van der Waals surface area contributed by atoms with Gasteiger partial charge in [-0.25, -0.2) is 0 Å². The van der Waals surface area contributed by atoms with E-state index < -0.39 is 29.0 Å². The molecule has 152 valence electrons. The molecule has 2 aromatic carbocycles. The van der Waals surface area contributed by atoms with Gasteiger partial charge < -0.3 is 25.2 Å². The summed E-state index contributed by atoms with van der Waals surface area (Å²) in [6, 6.07) is 14.3. The van der Waals surface area contributed by atoms with Crippen molar-refractivity contribution >= 4 is 11.8 Å². The Kier molecular flexibility index (Phi) is 7.01. The van der Waals surface area contributed by atoms with E-state index in [0.717, 1.165) is 34.9 Å². The smallest absolute Gasteiger partial charge is 0.173 e. The summed E-state index contributed by atoms with van der Waals surface area (Å²) < 4.78 is 6.05. The van der Waals surface area contributed by atoms with Crippen molar-refractivity contribution in [2.45, 2.75) is 55.7 Å². The molecule has 0 radical (unpaired) electrons. The molecule has 0 spiro atoms. The van der Waals surface area contributed by atoms with Crippen molar-refractivity contribution in [3.05, 3.63) is 64.7 Å². The molecule has 1 fully saturated rings. The molecule has 0 bridgehead atoms. The topological polar surface area (TPSA) is 90.2 Å². The number of aryl methyl sites for hydroxylation is 2. The highest BCUT2D eigenvalue weighted by Crippen LogP contribution is 2.35. The van der Waals surface area contributed by atoms with E-state index in [-0.39, 0.29) is 6.61 Å². The first kappa shape index (κ1) is 21.1. The molecule has 6 heteroatoms. The molecule has 0 aromatic heterocycles. The fourth-order valence-corrected chi connectivity index (χ4v) is 4.60. The van der Waals surface area contributed by atoms with E-state index in [2.05, 4.69) is 37.3 Å². The van der Waals surface area contributed by atoms with Crippen LogP contribution in [0.3, 0.4) is 0 Å². The van der Waals surface area contributed by atoms with Crippen LogP contribution in [0.5, 0.6) is 5.75 Å². The molecule has 1 saturated heterocycles. The Balaban J connectivity index is 1.81. The summed E-state index contributed by atoms with van der Waals surface area (Å²) in [5.74, 6) is 0.627.